The molecule has 0 aliphatic rings. The smallest absolute Gasteiger partial charge is 0.431 e. The van der Waals surface area contributed by atoms with E-state index in [0.29, 0.717) is 11.4 Å². The van der Waals surface area contributed by atoms with Crippen molar-refractivity contribution < 1.29 is 22.4 Å². The van der Waals surface area contributed by atoms with Gasteiger partial charge in [0, 0.05) is 18.7 Å². The summed E-state index contributed by atoms with van der Waals surface area (Å²) in [6, 6.07) is 11.2. The molecule has 0 fully saturated rings. The highest BCUT2D eigenvalue weighted by atomic mass is 19.4. The van der Waals surface area contributed by atoms with Gasteiger partial charge in [-0.3, -0.25) is 4.79 Å². The first kappa shape index (κ1) is 20.4. The second-order valence-corrected chi connectivity index (χ2v) is 6.38. The Kier molecular flexibility index (Phi) is 5.58. The number of halogens is 3. The second kappa shape index (κ2) is 7.94. The van der Waals surface area contributed by atoms with Crippen LogP contribution in [0.25, 0.3) is 11.5 Å². The third-order valence-electron chi connectivity index (χ3n) is 4.15. The number of pyridine rings is 1. The molecule has 3 aromatic rings. The largest absolute Gasteiger partial charge is 0.452 e. The number of amides is 1. The second-order valence-electron chi connectivity index (χ2n) is 6.38. The van der Waals surface area contributed by atoms with Crippen LogP contribution in [0.4, 0.5) is 24.7 Å². The van der Waals surface area contributed by atoms with Crippen LogP contribution in [-0.4, -0.2) is 29.0 Å². The molecule has 2 aromatic heterocycles. The zero-order chi connectivity index (χ0) is 21.2. The van der Waals surface area contributed by atoms with Gasteiger partial charge in [0.15, 0.2) is 5.69 Å². The number of carbonyl (C=O) groups excluding carboxylic acids is 1. The summed E-state index contributed by atoms with van der Waals surface area (Å²) < 4.78 is 44.9. The predicted molar refractivity (Wildman–Crippen MR) is 102 cm³/mol. The molecule has 1 aromatic carbocycles. The molecule has 151 valence electrons. The van der Waals surface area contributed by atoms with Gasteiger partial charge in [-0.25, -0.2) is 9.97 Å². The van der Waals surface area contributed by atoms with Gasteiger partial charge in [-0.05, 0) is 38.1 Å². The molecule has 9 heteroatoms. The number of nitrogens with one attached hydrogen (secondary N) is 1. The highest BCUT2D eigenvalue weighted by Gasteiger charge is 2.42. The van der Waals surface area contributed by atoms with Crippen LogP contribution in [0.3, 0.4) is 0 Å². The Morgan fingerprint density at radius 1 is 1.21 bits per heavy atom. The fraction of sp³-hybridized carbons (Fsp3) is 0.200. The maximum atomic E-state index is 13.4. The van der Waals surface area contributed by atoms with E-state index in [0.717, 1.165) is 0 Å². The van der Waals surface area contributed by atoms with Crippen LogP contribution in [0.15, 0.2) is 53.1 Å². The molecule has 1 unspecified atom stereocenters. The molecule has 0 aliphatic carbocycles. The Morgan fingerprint density at radius 3 is 2.45 bits per heavy atom. The molecule has 1 N–H and O–H groups in total. The van der Waals surface area contributed by atoms with Gasteiger partial charge in [0.25, 0.3) is 5.91 Å². The lowest BCUT2D eigenvalue weighted by atomic mass is 10.2. The Morgan fingerprint density at radius 2 is 1.90 bits per heavy atom. The Hall–Kier alpha value is -3.36. The molecule has 1 radical (unpaired) electrons. The van der Waals surface area contributed by atoms with Crippen LogP contribution >= 0.6 is 0 Å². The molecule has 1 atom stereocenters. The Labute approximate surface area is 165 Å². The van der Waals surface area contributed by atoms with Crippen molar-refractivity contribution in [2.24, 2.45) is 0 Å². The maximum Gasteiger partial charge on any atom is 0.452 e. The number of nitrogens with zero attached hydrogens (tertiary/aromatic N) is 3. The van der Waals surface area contributed by atoms with Crippen molar-refractivity contribution in [1.29, 1.82) is 0 Å². The van der Waals surface area contributed by atoms with E-state index in [1.165, 1.54) is 24.4 Å². The van der Waals surface area contributed by atoms with Gasteiger partial charge >= 0.3 is 6.18 Å². The minimum atomic E-state index is -4.87. The van der Waals surface area contributed by atoms with E-state index in [4.69, 9.17) is 4.42 Å². The lowest BCUT2D eigenvalue weighted by molar-refractivity contribution is -0.153. The normalized spacial score (nSPS) is 11.6. The fourth-order valence-electron chi connectivity index (χ4n) is 2.46. The summed E-state index contributed by atoms with van der Waals surface area (Å²) in [5, 5.41) is 2.37. The monoisotopic (exact) mass is 403 g/mol. The first-order valence-corrected chi connectivity index (χ1v) is 8.63. The first-order chi connectivity index (χ1) is 13.7. The first-order valence-electron chi connectivity index (χ1n) is 8.63. The van der Waals surface area contributed by atoms with E-state index in [9.17, 15) is 18.0 Å². The summed E-state index contributed by atoms with van der Waals surface area (Å²) in [7, 11) is 1.80. The van der Waals surface area contributed by atoms with Crippen molar-refractivity contribution in [3.63, 3.8) is 0 Å². The molecule has 0 aliphatic heterocycles. The van der Waals surface area contributed by atoms with E-state index in [1.807, 2.05) is 6.92 Å². The van der Waals surface area contributed by atoms with E-state index in [1.54, 1.807) is 36.2 Å². The third-order valence-corrected chi connectivity index (χ3v) is 4.15. The highest BCUT2D eigenvalue weighted by molar-refractivity contribution is 6.04. The van der Waals surface area contributed by atoms with Gasteiger partial charge in [-0.15, -0.1) is 0 Å². The number of carbonyl (C=O) groups is 1. The zero-order valence-electron chi connectivity index (χ0n) is 15.7. The van der Waals surface area contributed by atoms with Crippen molar-refractivity contribution in [2.75, 3.05) is 17.3 Å². The molecule has 1 amide bonds. The standard InChI is InChI=1S/C20H18F3N4O2/c1-12(2)27(3)15-10-9-14(11-24-15)25-18(28)16-17(20(21,22)23)29-19(26-16)13-7-5-4-6-8-13/h4-12H,1H2,2-3H3,(H,25,28). The molecule has 2 heterocycles. The summed E-state index contributed by atoms with van der Waals surface area (Å²) in [4.78, 5) is 22.2. The van der Waals surface area contributed by atoms with E-state index in [-0.39, 0.29) is 17.6 Å². The van der Waals surface area contributed by atoms with Gasteiger partial charge in [0.2, 0.25) is 11.7 Å². The summed E-state index contributed by atoms with van der Waals surface area (Å²) >= 11 is 0. The molecule has 29 heavy (non-hydrogen) atoms. The molecule has 0 saturated carbocycles. The van der Waals surface area contributed by atoms with Gasteiger partial charge < -0.3 is 14.6 Å². The van der Waals surface area contributed by atoms with Gasteiger partial charge in [-0.2, -0.15) is 13.2 Å². The van der Waals surface area contributed by atoms with Crippen molar-refractivity contribution in [2.45, 2.75) is 19.1 Å². The summed E-state index contributed by atoms with van der Waals surface area (Å²) in [6.07, 6.45) is -3.53. The SMILES string of the molecule is [CH2]C(C)N(C)c1ccc(NC(=O)c2nc(-c3ccccc3)oc2C(F)(F)F)cn1. The molecular weight excluding hydrogens is 385 g/mol. The average molecular weight is 403 g/mol. The van der Waals surface area contributed by atoms with Crippen molar-refractivity contribution >= 4 is 17.4 Å². The Bertz CT molecular complexity index is 983. The number of aromatic nitrogens is 2. The Balaban J connectivity index is 1.88. The molecule has 0 saturated heterocycles. The van der Waals surface area contributed by atoms with Crippen LogP contribution in [0.1, 0.15) is 23.2 Å². The van der Waals surface area contributed by atoms with Gasteiger partial charge in [-0.1, -0.05) is 18.2 Å². The molecule has 3 rings (SSSR count). The summed E-state index contributed by atoms with van der Waals surface area (Å²) in [5.41, 5.74) is -0.293. The number of anilines is 2. The van der Waals surface area contributed by atoms with Crippen LogP contribution in [0.2, 0.25) is 0 Å². The van der Waals surface area contributed by atoms with Crippen molar-refractivity contribution in [3.8, 4) is 11.5 Å². The van der Waals surface area contributed by atoms with Gasteiger partial charge in [0.1, 0.15) is 5.82 Å². The van der Waals surface area contributed by atoms with Crippen LogP contribution < -0.4 is 10.2 Å². The molecule has 6 nitrogen and oxygen atoms in total. The lowest BCUT2D eigenvalue weighted by Crippen LogP contribution is -2.26. The van der Waals surface area contributed by atoms with Crippen LogP contribution in [0, 0.1) is 6.92 Å². The van der Waals surface area contributed by atoms with Crippen LogP contribution in [-0.2, 0) is 6.18 Å². The van der Waals surface area contributed by atoms with E-state index in [2.05, 4.69) is 22.2 Å². The third kappa shape index (κ3) is 4.56. The van der Waals surface area contributed by atoms with Crippen molar-refractivity contribution in [1.82, 2.24) is 9.97 Å². The van der Waals surface area contributed by atoms with Crippen LogP contribution in [0.5, 0.6) is 0 Å². The zero-order valence-corrected chi connectivity index (χ0v) is 15.7. The summed E-state index contributed by atoms with van der Waals surface area (Å²) in [5.74, 6) is -2.18. The number of alkyl halides is 3. The lowest BCUT2D eigenvalue weighted by Gasteiger charge is -2.22. The van der Waals surface area contributed by atoms with E-state index < -0.39 is 23.5 Å². The van der Waals surface area contributed by atoms with Crippen molar-refractivity contribution in [3.05, 3.63) is 67.0 Å². The number of rotatable bonds is 5. The number of hydrogen-bond donors (Lipinski definition) is 1. The molecular formula is C20H18F3N4O2. The highest BCUT2D eigenvalue weighted by Crippen LogP contribution is 2.35. The maximum absolute atomic E-state index is 13.4. The number of hydrogen-bond acceptors (Lipinski definition) is 5. The quantitative estimate of drug-likeness (QED) is 0.671. The topological polar surface area (TPSA) is 71.3 Å². The fourth-order valence-corrected chi connectivity index (χ4v) is 2.46. The van der Waals surface area contributed by atoms with E-state index >= 15 is 0 Å². The molecule has 0 bridgehead atoms. The minimum Gasteiger partial charge on any atom is -0.431 e. The predicted octanol–water partition coefficient (Wildman–Crippen LogP) is 4.67. The molecule has 0 spiro atoms. The van der Waals surface area contributed by atoms with Gasteiger partial charge in [0.05, 0.1) is 11.9 Å². The average Bonchev–Trinajstić information content (AvgIpc) is 3.15. The number of benzene rings is 1. The summed E-state index contributed by atoms with van der Waals surface area (Å²) in [6.45, 7) is 5.76. The number of oxazole rings is 1. The minimum absolute atomic E-state index is 0.0381.